The molecular formula is C6H11FO3S. The lowest BCUT2D eigenvalue weighted by atomic mass is 9.96. The normalized spacial score (nSPS) is 35.1. The van der Waals surface area contributed by atoms with Crippen molar-refractivity contribution in [1.82, 2.24) is 0 Å². The topological polar surface area (TPSA) is 46.5 Å². The Balaban J connectivity index is 2.22. The van der Waals surface area contributed by atoms with Gasteiger partial charge in [-0.25, -0.2) is 4.39 Å². The molecule has 1 N–H and O–H groups in total. The minimum absolute atomic E-state index is 0.229. The van der Waals surface area contributed by atoms with Crippen LogP contribution < -0.4 is 0 Å². The first-order valence-corrected chi connectivity index (χ1v) is 4.63. The molecule has 1 rings (SSSR count). The van der Waals surface area contributed by atoms with Crippen molar-refractivity contribution in [1.29, 1.82) is 0 Å². The molecule has 3 nitrogen and oxygen atoms in total. The van der Waals surface area contributed by atoms with Crippen LogP contribution in [0.2, 0.25) is 0 Å². The smallest absolute Gasteiger partial charge is 0.284 e. The SMILES string of the molecule is O=S(O)OC1CCC(F)CC1. The molecule has 0 aromatic rings. The van der Waals surface area contributed by atoms with Crippen LogP contribution in [0.1, 0.15) is 25.7 Å². The third-order valence-corrected chi connectivity index (χ3v) is 2.26. The number of alkyl halides is 1. The molecule has 0 saturated heterocycles. The lowest BCUT2D eigenvalue weighted by molar-refractivity contribution is 0.116. The summed E-state index contributed by atoms with van der Waals surface area (Å²) in [5.74, 6) is 0. The number of hydrogen-bond acceptors (Lipinski definition) is 2. The minimum atomic E-state index is -2.20. The highest BCUT2D eigenvalue weighted by Crippen LogP contribution is 2.23. The van der Waals surface area contributed by atoms with E-state index in [1.165, 1.54) is 0 Å². The molecule has 0 heterocycles. The van der Waals surface area contributed by atoms with E-state index >= 15 is 0 Å². The Morgan fingerprint density at radius 1 is 1.36 bits per heavy atom. The van der Waals surface area contributed by atoms with Gasteiger partial charge in [-0.1, -0.05) is 0 Å². The van der Waals surface area contributed by atoms with Crippen molar-refractivity contribution in [3.05, 3.63) is 0 Å². The molecule has 1 unspecified atom stereocenters. The second kappa shape index (κ2) is 4.13. The molecule has 1 aliphatic rings. The van der Waals surface area contributed by atoms with Crippen molar-refractivity contribution in [2.24, 2.45) is 0 Å². The molecule has 0 aromatic carbocycles. The quantitative estimate of drug-likeness (QED) is 0.657. The Kier molecular flexibility index (Phi) is 3.42. The first-order chi connectivity index (χ1) is 5.18. The number of rotatable bonds is 2. The van der Waals surface area contributed by atoms with Crippen LogP contribution >= 0.6 is 0 Å². The van der Waals surface area contributed by atoms with Gasteiger partial charge in [-0.3, -0.25) is 8.74 Å². The van der Waals surface area contributed by atoms with Crippen LogP contribution in [0, 0.1) is 0 Å². The van der Waals surface area contributed by atoms with Crippen molar-refractivity contribution in [2.75, 3.05) is 0 Å². The van der Waals surface area contributed by atoms with Crippen molar-refractivity contribution in [2.45, 2.75) is 38.0 Å². The zero-order valence-corrected chi connectivity index (χ0v) is 6.85. The van der Waals surface area contributed by atoms with E-state index in [1.54, 1.807) is 0 Å². The predicted octanol–water partition coefficient (Wildman–Crippen LogP) is 1.42. The third kappa shape index (κ3) is 3.27. The fourth-order valence-electron chi connectivity index (χ4n) is 1.23. The average molecular weight is 182 g/mol. The number of halogens is 1. The maximum absolute atomic E-state index is 12.5. The predicted molar refractivity (Wildman–Crippen MR) is 39.0 cm³/mol. The van der Waals surface area contributed by atoms with Gasteiger partial charge in [0.2, 0.25) is 0 Å². The second-order valence-electron chi connectivity index (χ2n) is 2.69. The van der Waals surface area contributed by atoms with Gasteiger partial charge >= 0.3 is 11.4 Å². The van der Waals surface area contributed by atoms with Gasteiger partial charge in [-0.05, 0) is 25.7 Å². The molecule has 0 amide bonds. The van der Waals surface area contributed by atoms with Crippen LogP contribution in [0.25, 0.3) is 0 Å². The van der Waals surface area contributed by atoms with Gasteiger partial charge in [0.15, 0.2) is 0 Å². The molecule has 0 aromatic heterocycles. The first-order valence-electron chi connectivity index (χ1n) is 3.60. The summed E-state index contributed by atoms with van der Waals surface area (Å²) in [5.41, 5.74) is 0. The molecule has 66 valence electrons. The zero-order chi connectivity index (χ0) is 8.27. The largest absolute Gasteiger partial charge is 0.302 e. The van der Waals surface area contributed by atoms with Crippen molar-refractivity contribution in [3.63, 3.8) is 0 Å². The molecule has 11 heavy (non-hydrogen) atoms. The van der Waals surface area contributed by atoms with Gasteiger partial charge in [0, 0.05) is 0 Å². The van der Waals surface area contributed by atoms with E-state index < -0.39 is 17.5 Å². The van der Waals surface area contributed by atoms with Gasteiger partial charge in [0.25, 0.3) is 0 Å². The van der Waals surface area contributed by atoms with Gasteiger partial charge in [0.05, 0.1) is 6.10 Å². The minimum Gasteiger partial charge on any atom is -0.284 e. The van der Waals surface area contributed by atoms with Crippen LogP contribution in [0.5, 0.6) is 0 Å². The molecule has 0 spiro atoms. The van der Waals surface area contributed by atoms with Crippen LogP contribution in [0.15, 0.2) is 0 Å². The van der Waals surface area contributed by atoms with E-state index in [2.05, 4.69) is 4.18 Å². The van der Waals surface area contributed by atoms with Crippen molar-refractivity contribution < 1.29 is 17.3 Å². The molecule has 1 fully saturated rings. The number of hydrogen-bond donors (Lipinski definition) is 1. The molecule has 0 aliphatic heterocycles. The maximum atomic E-state index is 12.5. The summed E-state index contributed by atoms with van der Waals surface area (Å²) in [4.78, 5) is 0. The average Bonchev–Trinajstić information content (AvgIpc) is 1.93. The highest BCUT2D eigenvalue weighted by Gasteiger charge is 2.22. The lowest BCUT2D eigenvalue weighted by Crippen LogP contribution is -2.22. The lowest BCUT2D eigenvalue weighted by Gasteiger charge is -2.21. The molecular weight excluding hydrogens is 171 g/mol. The van der Waals surface area contributed by atoms with Gasteiger partial charge in [-0.2, -0.15) is 4.21 Å². The molecule has 1 atom stereocenters. The Morgan fingerprint density at radius 3 is 2.36 bits per heavy atom. The van der Waals surface area contributed by atoms with Crippen LogP contribution in [-0.4, -0.2) is 21.0 Å². The monoisotopic (exact) mass is 182 g/mol. The maximum Gasteiger partial charge on any atom is 0.302 e. The zero-order valence-electron chi connectivity index (χ0n) is 6.03. The summed E-state index contributed by atoms with van der Waals surface area (Å²) in [6, 6.07) is 0. The molecule has 1 aliphatic carbocycles. The molecule has 0 bridgehead atoms. The van der Waals surface area contributed by atoms with Crippen molar-refractivity contribution >= 4 is 11.4 Å². The van der Waals surface area contributed by atoms with Crippen LogP contribution in [0.4, 0.5) is 4.39 Å². The van der Waals surface area contributed by atoms with E-state index in [0.29, 0.717) is 25.7 Å². The van der Waals surface area contributed by atoms with E-state index in [-0.39, 0.29) is 6.10 Å². The van der Waals surface area contributed by atoms with Gasteiger partial charge < -0.3 is 0 Å². The fraction of sp³-hybridized carbons (Fsp3) is 1.00. The molecule has 1 saturated carbocycles. The van der Waals surface area contributed by atoms with Gasteiger partial charge in [-0.15, -0.1) is 0 Å². The standard InChI is InChI=1S/C6H11FO3S/c7-5-1-3-6(4-2-5)10-11(8)9/h5-6H,1-4H2,(H,8,9). The summed E-state index contributed by atoms with van der Waals surface area (Å²) in [6.07, 6.45) is 1.01. The van der Waals surface area contributed by atoms with E-state index in [0.717, 1.165) is 0 Å². The van der Waals surface area contributed by atoms with E-state index in [9.17, 15) is 8.60 Å². The second-order valence-corrected chi connectivity index (χ2v) is 3.31. The highest BCUT2D eigenvalue weighted by molar-refractivity contribution is 7.74. The van der Waals surface area contributed by atoms with Crippen molar-refractivity contribution in [3.8, 4) is 0 Å². The Labute approximate surface area is 67.4 Å². The summed E-state index contributed by atoms with van der Waals surface area (Å²) < 4.78 is 35.6. The Bertz CT molecular complexity index is 145. The van der Waals surface area contributed by atoms with Crippen LogP contribution in [0.3, 0.4) is 0 Å². The first kappa shape index (κ1) is 9.09. The fourth-order valence-corrected chi connectivity index (χ4v) is 1.66. The van der Waals surface area contributed by atoms with E-state index in [4.69, 9.17) is 4.55 Å². The highest BCUT2D eigenvalue weighted by atomic mass is 32.2. The molecule has 5 heteroatoms. The summed E-state index contributed by atoms with van der Waals surface area (Å²) in [5, 5.41) is 0. The van der Waals surface area contributed by atoms with Crippen LogP contribution in [-0.2, 0) is 15.5 Å². The Hall–Kier alpha value is -0.0000000000000000555. The Morgan fingerprint density at radius 2 is 1.91 bits per heavy atom. The summed E-state index contributed by atoms with van der Waals surface area (Å²) >= 11 is -2.20. The molecule has 0 radical (unpaired) electrons. The summed E-state index contributed by atoms with van der Waals surface area (Å²) in [7, 11) is 0. The van der Waals surface area contributed by atoms with Gasteiger partial charge in [0.1, 0.15) is 6.17 Å². The van der Waals surface area contributed by atoms with E-state index in [1.807, 2.05) is 0 Å². The summed E-state index contributed by atoms with van der Waals surface area (Å²) in [6.45, 7) is 0. The third-order valence-electron chi connectivity index (χ3n) is 1.82.